The van der Waals surface area contributed by atoms with E-state index in [4.69, 9.17) is 9.47 Å². The number of carbonyl (C=O) groups excluding carboxylic acids is 1. The molecular formula is C15H25NO3. The molecule has 0 N–H and O–H groups in total. The molecule has 3 fully saturated rings. The third-order valence-corrected chi connectivity index (χ3v) is 4.85. The van der Waals surface area contributed by atoms with Crippen LogP contribution in [-0.4, -0.2) is 42.9 Å². The standard InChI is InChI=1S/C15H25NO3/c17-14(13-5-3-1-2-4-6-13)16-9-7-15(8-10-16)18-11-12-19-15/h13H,1-12H2. The molecule has 4 heteroatoms. The second-order valence-electron chi connectivity index (χ2n) is 6.12. The van der Waals surface area contributed by atoms with Crippen molar-refractivity contribution >= 4 is 5.91 Å². The van der Waals surface area contributed by atoms with Crippen molar-refractivity contribution in [2.45, 2.75) is 57.2 Å². The zero-order valence-electron chi connectivity index (χ0n) is 11.7. The third kappa shape index (κ3) is 2.95. The highest BCUT2D eigenvalue weighted by Gasteiger charge is 2.41. The molecule has 0 aromatic carbocycles. The Morgan fingerprint density at radius 3 is 2.11 bits per heavy atom. The van der Waals surface area contributed by atoms with Gasteiger partial charge in [0.2, 0.25) is 5.91 Å². The van der Waals surface area contributed by atoms with E-state index < -0.39 is 0 Å². The smallest absolute Gasteiger partial charge is 0.225 e. The summed E-state index contributed by atoms with van der Waals surface area (Å²) in [6.45, 7) is 3.01. The quantitative estimate of drug-likeness (QED) is 0.684. The maximum atomic E-state index is 12.6. The van der Waals surface area contributed by atoms with Crippen LogP contribution in [0.2, 0.25) is 0 Å². The molecule has 2 aliphatic heterocycles. The summed E-state index contributed by atoms with van der Waals surface area (Å²) >= 11 is 0. The lowest BCUT2D eigenvalue weighted by atomic mass is 9.96. The molecule has 4 nitrogen and oxygen atoms in total. The van der Waals surface area contributed by atoms with Crippen molar-refractivity contribution in [1.82, 2.24) is 4.90 Å². The van der Waals surface area contributed by atoms with Gasteiger partial charge in [-0.15, -0.1) is 0 Å². The minimum absolute atomic E-state index is 0.280. The first-order valence-electron chi connectivity index (χ1n) is 7.86. The molecule has 2 saturated heterocycles. The Hall–Kier alpha value is -0.610. The third-order valence-electron chi connectivity index (χ3n) is 4.85. The largest absolute Gasteiger partial charge is 0.347 e. The number of rotatable bonds is 1. The van der Waals surface area contributed by atoms with Gasteiger partial charge in [-0.3, -0.25) is 4.79 Å². The van der Waals surface area contributed by atoms with Crippen LogP contribution in [0.4, 0.5) is 0 Å². The molecule has 1 saturated carbocycles. The second-order valence-corrected chi connectivity index (χ2v) is 6.12. The number of nitrogens with zero attached hydrogens (tertiary/aromatic N) is 1. The van der Waals surface area contributed by atoms with Gasteiger partial charge in [-0.1, -0.05) is 25.7 Å². The topological polar surface area (TPSA) is 38.8 Å². The maximum absolute atomic E-state index is 12.6. The predicted molar refractivity (Wildman–Crippen MR) is 71.6 cm³/mol. The summed E-state index contributed by atoms with van der Waals surface area (Å²) in [6.07, 6.45) is 8.90. The van der Waals surface area contributed by atoms with Gasteiger partial charge in [-0.05, 0) is 12.8 Å². The highest BCUT2D eigenvalue weighted by molar-refractivity contribution is 5.79. The van der Waals surface area contributed by atoms with Crippen LogP contribution >= 0.6 is 0 Å². The van der Waals surface area contributed by atoms with Gasteiger partial charge in [0.1, 0.15) is 0 Å². The summed E-state index contributed by atoms with van der Waals surface area (Å²) in [5.74, 6) is 0.303. The van der Waals surface area contributed by atoms with Crippen LogP contribution in [0.3, 0.4) is 0 Å². The lowest BCUT2D eigenvalue weighted by molar-refractivity contribution is -0.188. The first-order chi connectivity index (χ1) is 9.29. The number of hydrogen-bond donors (Lipinski definition) is 0. The molecular weight excluding hydrogens is 242 g/mol. The van der Waals surface area contributed by atoms with Gasteiger partial charge in [0.25, 0.3) is 0 Å². The van der Waals surface area contributed by atoms with Crippen molar-refractivity contribution < 1.29 is 14.3 Å². The van der Waals surface area contributed by atoms with Gasteiger partial charge in [0.15, 0.2) is 5.79 Å². The Balaban J connectivity index is 1.53. The van der Waals surface area contributed by atoms with Gasteiger partial charge in [-0.25, -0.2) is 0 Å². The molecule has 0 unspecified atom stereocenters. The molecule has 3 aliphatic rings. The predicted octanol–water partition coefficient (Wildman–Crippen LogP) is 2.32. The van der Waals surface area contributed by atoms with Crippen molar-refractivity contribution in [1.29, 1.82) is 0 Å². The number of hydrogen-bond acceptors (Lipinski definition) is 3. The first kappa shape index (κ1) is 13.4. The van der Waals surface area contributed by atoms with Crippen molar-refractivity contribution in [3.05, 3.63) is 0 Å². The summed E-state index contributed by atoms with van der Waals surface area (Å²) in [7, 11) is 0. The molecule has 0 aromatic heterocycles. The molecule has 0 radical (unpaired) electrons. The Kier molecular flexibility index (Phi) is 4.08. The fourth-order valence-corrected chi connectivity index (χ4v) is 3.64. The van der Waals surface area contributed by atoms with E-state index in [1.807, 2.05) is 4.90 Å². The molecule has 0 bridgehead atoms. The first-order valence-corrected chi connectivity index (χ1v) is 7.86. The van der Waals surface area contributed by atoms with Gasteiger partial charge >= 0.3 is 0 Å². The highest BCUT2D eigenvalue weighted by atomic mass is 16.7. The van der Waals surface area contributed by atoms with Crippen LogP contribution in [0.15, 0.2) is 0 Å². The fourth-order valence-electron chi connectivity index (χ4n) is 3.64. The van der Waals surface area contributed by atoms with Gasteiger partial charge in [0.05, 0.1) is 13.2 Å². The Morgan fingerprint density at radius 2 is 1.53 bits per heavy atom. The van der Waals surface area contributed by atoms with Crippen molar-refractivity contribution in [3.63, 3.8) is 0 Å². The van der Waals surface area contributed by atoms with Crippen molar-refractivity contribution in [2.75, 3.05) is 26.3 Å². The number of piperidine rings is 1. The van der Waals surface area contributed by atoms with E-state index in [2.05, 4.69) is 0 Å². The maximum Gasteiger partial charge on any atom is 0.225 e. The number of likely N-dealkylation sites (tertiary alicyclic amines) is 1. The average Bonchev–Trinajstić information content (AvgIpc) is 2.73. The Bertz CT molecular complexity index is 307. The monoisotopic (exact) mass is 267 g/mol. The number of amides is 1. The molecule has 2 heterocycles. The molecule has 1 spiro atoms. The number of ether oxygens (including phenoxy) is 2. The summed E-state index contributed by atoms with van der Waals surface area (Å²) in [5.41, 5.74) is 0. The zero-order valence-corrected chi connectivity index (χ0v) is 11.7. The molecule has 0 aromatic rings. The van der Waals surface area contributed by atoms with E-state index in [0.29, 0.717) is 19.1 Å². The summed E-state index contributed by atoms with van der Waals surface area (Å²) in [4.78, 5) is 14.6. The van der Waals surface area contributed by atoms with Crippen LogP contribution < -0.4 is 0 Å². The van der Waals surface area contributed by atoms with Crippen LogP contribution in [0.25, 0.3) is 0 Å². The van der Waals surface area contributed by atoms with Crippen molar-refractivity contribution in [2.24, 2.45) is 5.92 Å². The van der Waals surface area contributed by atoms with E-state index >= 15 is 0 Å². The Morgan fingerprint density at radius 1 is 0.947 bits per heavy atom. The summed E-state index contributed by atoms with van der Waals surface area (Å²) in [6, 6.07) is 0. The second kappa shape index (κ2) is 5.80. The highest BCUT2D eigenvalue weighted by Crippen LogP contribution is 2.33. The van der Waals surface area contributed by atoms with Gasteiger partial charge in [0, 0.05) is 31.8 Å². The summed E-state index contributed by atoms with van der Waals surface area (Å²) < 4.78 is 11.4. The lowest BCUT2D eigenvalue weighted by Crippen LogP contribution is -2.48. The van der Waals surface area contributed by atoms with Crippen LogP contribution in [-0.2, 0) is 14.3 Å². The SMILES string of the molecule is O=C(C1CCCCCC1)N1CCC2(CC1)OCCO2. The van der Waals surface area contributed by atoms with E-state index in [-0.39, 0.29) is 11.7 Å². The van der Waals surface area contributed by atoms with E-state index in [1.165, 1.54) is 25.7 Å². The molecule has 0 atom stereocenters. The lowest BCUT2D eigenvalue weighted by Gasteiger charge is -2.38. The van der Waals surface area contributed by atoms with E-state index in [1.54, 1.807) is 0 Å². The molecule has 1 aliphatic carbocycles. The van der Waals surface area contributed by atoms with Crippen LogP contribution in [0.1, 0.15) is 51.4 Å². The number of carbonyl (C=O) groups is 1. The zero-order chi connectivity index (χ0) is 13.1. The van der Waals surface area contributed by atoms with Gasteiger partial charge in [-0.2, -0.15) is 0 Å². The fraction of sp³-hybridized carbons (Fsp3) is 0.933. The van der Waals surface area contributed by atoms with Crippen molar-refractivity contribution in [3.8, 4) is 0 Å². The normalized spacial score (nSPS) is 28.5. The van der Waals surface area contributed by atoms with E-state index in [0.717, 1.165) is 38.8 Å². The van der Waals surface area contributed by atoms with E-state index in [9.17, 15) is 4.79 Å². The molecule has 3 rings (SSSR count). The Labute approximate surface area is 115 Å². The van der Waals surface area contributed by atoms with Crippen LogP contribution in [0.5, 0.6) is 0 Å². The minimum Gasteiger partial charge on any atom is -0.347 e. The van der Waals surface area contributed by atoms with Gasteiger partial charge < -0.3 is 14.4 Å². The molecule has 19 heavy (non-hydrogen) atoms. The minimum atomic E-state index is -0.361. The average molecular weight is 267 g/mol. The molecule has 1 amide bonds. The molecule has 108 valence electrons. The van der Waals surface area contributed by atoms with Crippen LogP contribution in [0, 0.1) is 5.92 Å². The summed E-state index contributed by atoms with van der Waals surface area (Å²) in [5, 5.41) is 0.